The maximum absolute atomic E-state index is 3.65. The van der Waals surface area contributed by atoms with Crippen LogP contribution in [0.25, 0.3) is 0 Å². The van der Waals surface area contributed by atoms with Gasteiger partial charge in [-0.1, -0.05) is 6.08 Å². The van der Waals surface area contributed by atoms with E-state index in [1.54, 1.807) is 0 Å². The molecule has 0 N–H and O–H groups in total. The summed E-state index contributed by atoms with van der Waals surface area (Å²) in [7, 11) is 0. The predicted molar refractivity (Wildman–Crippen MR) is 39.2 cm³/mol. The largest absolute Gasteiger partial charge is 1.00 e. The third-order valence-corrected chi connectivity index (χ3v) is 1.17. The summed E-state index contributed by atoms with van der Waals surface area (Å²) in [5, 5.41) is 0. The van der Waals surface area contributed by atoms with Gasteiger partial charge >= 0.3 is 18.9 Å². The molecule has 0 aliphatic heterocycles. The van der Waals surface area contributed by atoms with E-state index in [0.717, 1.165) is 6.42 Å². The molecule has 0 unspecified atom stereocenters. The summed E-state index contributed by atoms with van der Waals surface area (Å²) in [5.74, 6) is 0. The topological polar surface area (TPSA) is 0 Å². The SMILES string of the molecule is C=CCc1cc[c-]cc1.[Li+]. The number of benzene rings is 1. The molecule has 0 radical (unpaired) electrons. The number of allylic oxidation sites excluding steroid dienone is 1. The zero-order valence-corrected chi connectivity index (χ0v) is 6.30. The normalized spacial score (nSPS) is 8.00. The van der Waals surface area contributed by atoms with Crippen molar-refractivity contribution in [1.29, 1.82) is 0 Å². The molecule has 1 aromatic rings. The summed E-state index contributed by atoms with van der Waals surface area (Å²) < 4.78 is 0. The molecule has 1 aromatic carbocycles. The minimum atomic E-state index is 0. The van der Waals surface area contributed by atoms with Crippen LogP contribution in [0.15, 0.2) is 36.9 Å². The molecule has 0 amide bonds. The molecule has 10 heavy (non-hydrogen) atoms. The van der Waals surface area contributed by atoms with Crippen molar-refractivity contribution in [2.45, 2.75) is 6.42 Å². The summed E-state index contributed by atoms with van der Waals surface area (Å²) in [6.07, 6.45) is 2.85. The van der Waals surface area contributed by atoms with E-state index < -0.39 is 0 Å². The summed E-state index contributed by atoms with van der Waals surface area (Å²) in [6, 6.07) is 10.9. The number of hydrogen-bond donors (Lipinski definition) is 0. The molecule has 0 nitrogen and oxygen atoms in total. The van der Waals surface area contributed by atoms with Crippen LogP contribution in [0, 0.1) is 6.07 Å². The van der Waals surface area contributed by atoms with Crippen LogP contribution in [0.4, 0.5) is 0 Å². The van der Waals surface area contributed by atoms with Crippen LogP contribution in [0.1, 0.15) is 5.56 Å². The molecule has 0 saturated carbocycles. The van der Waals surface area contributed by atoms with Gasteiger partial charge in [0.05, 0.1) is 0 Å². The van der Waals surface area contributed by atoms with Crippen LogP contribution in [0.5, 0.6) is 0 Å². The molecule has 0 atom stereocenters. The van der Waals surface area contributed by atoms with Gasteiger partial charge in [-0.2, -0.15) is 35.9 Å². The van der Waals surface area contributed by atoms with E-state index in [9.17, 15) is 0 Å². The van der Waals surface area contributed by atoms with E-state index in [2.05, 4.69) is 12.6 Å². The first-order valence-corrected chi connectivity index (χ1v) is 2.99. The Bertz CT molecular complexity index is 179. The molecule has 0 aliphatic rings. The third kappa shape index (κ3) is 2.92. The zero-order chi connectivity index (χ0) is 6.53. The molecule has 1 heteroatoms. The summed E-state index contributed by atoms with van der Waals surface area (Å²) in [4.78, 5) is 0. The number of rotatable bonds is 2. The van der Waals surface area contributed by atoms with Crippen molar-refractivity contribution in [3.63, 3.8) is 0 Å². The van der Waals surface area contributed by atoms with E-state index >= 15 is 0 Å². The van der Waals surface area contributed by atoms with Crippen molar-refractivity contribution in [2.75, 3.05) is 0 Å². The van der Waals surface area contributed by atoms with E-state index in [1.165, 1.54) is 5.56 Å². The first-order valence-electron chi connectivity index (χ1n) is 2.99. The van der Waals surface area contributed by atoms with Crippen LogP contribution in [-0.4, -0.2) is 0 Å². The van der Waals surface area contributed by atoms with Crippen molar-refractivity contribution in [3.8, 4) is 0 Å². The molecule has 0 spiro atoms. The first kappa shape index (κ1) is 9.56. The Labute approximate surface area is 74.1 Å². The van der Waals surface area contributed by atoms with Gasteiger partial charge in [0.25, 0.3) is 0 Å². The number of hydrogen-bond acceptors (Lipinski definition) is 0. The average Bonchev–Trinajstić information content (AvgIpc) is 1.91. The Morgan fingerprint density at radius 2 is 2.00 bits per heavy atom. The van der Waals surface area contributed by atoms with Gasteiger partial charge in [-0.05, 0) is 6.42 Å². The van der Waals surface area contributed by atoms with Crippen molar-refractivity contribution in [1.82, 2.24) is 0 Å². The van der Waals surface area contributed by atoms with Crippen molar-refractivity contribution < 1.29 is 18.9 Å². The second kappa shape index (κ2) is 5.35. The summed E-state index contributed by atoms with van der Waals surface area (Å²) in [5.41, 5.74) is 1.30. The monoisotopic (exact) mass is 124 g/mol. The maximum atomic E-state index is 3.65. The van der Waals surface area contributed by atoms with Crippen molar-refractivity contribution in [3.05, 3.63) is 48.6 Å². The fourth-order valence-corrected chi connectivity index (χ4v) is 0.724. The second-order valence-corrected chi connectivity index (χ2v) is 1.90. The first-order chi connectivity index (χ1) is 4.43. The van der Waals surface area contributed by atoms with Gasteiger partial charge in [-0.3, -0.25) is 0 Å². The fourth-order valence-electron chi connectivity index (χ4n) is 0.724. The minimum Gasteiger partial charge on any atom is -0.184 e. The standard InChI is InChI=1S/C9H9.Li/c1-2-6-9-7-4-3-5-8-9;/h2,4-5,7-8H,1,6H2;/q-1;+1. The van der Waals surface area contributed by atoms with Gasteiger partial charge in [-0.25, -0.2) is 0 Å². The Kier molecular flexibility index (Phi) is 5.11. The van der Waals surface area contributed by atoms with Crippen LogP contribution >= 0.6 is 0 Å². The fraction of sp³-hybridized carbons (Fsp3) is 0.111. The van der Waals surface area contributed by atoms with Crippen molar-refractivity contribution >= 4 is 0 Å². The van der Waals surface area contributed by atoms with Gasteiger partial charge in [0, 0.05) is 0 Å². The predicted octanol–water partition coefficient (Wildman–Crippen LogP) is -0.781. The molecule has 0 fully saturated rings. The quantitative estimate of drug-likeness (QED) is 0.275. The van der Waals surface area contributed by atoms with E-state index in [1.807, 2.05) is 30.3 Å². The van der Waals surface area contributed by atoms with Crippen LogP contribution < -0.4 is 18.9 Å². The molecule has 0 aromatic heterocycles. The average molecular weight is 124 g/mol. The van der Waals surface area contributed by atoms with Gasteiger partial charge < -0.3 is 0 Å². The van der Waals surface area contributed by atoms with Gasteiger partial charge in [0.1, 0.15) is 0 Å². The van der Waals surface area contributed by atoms with Gasteiger partial charge in [0.2, 0.25) is 0 Å². The van der Waals surface area contributed by atoms with Crippen LogP contribution in [-0.2, 0) is 6.42 Å². The van der Waals surface area contributed by atoms with E-state index in [4.69, 9.17) is 0 Å². The van der Waals surface area contributed by atoms with Gasteiger partial charge in [0.15, 0.2) is 0 Å². The van der Waals surface area contributed by atoms with Crippen LogP contribution in [0.3, 0.4) is 0 Å². The molecule has 0 saturated heterocycles. The third-order valence-electron chi connectivity index (χ3n) is 1.17. The minimum absolute atomic E-state index is 0. The molecular formula is C9H9Li. The summed E-state index contributed by atoms with van der Waals surface area (Å²) >= 11 is 0. The summed E-state index contributed by atoms with van der Waals surface area (Å²) in [6.45, 7) is 3.65. The van der Waals surface area contributed by atoms with Crippen molar-refractivity contribution in [2.24, 2.45) is 0 Å². The molecule has 0 heterocycles. The van der Waals surface area contributed by atoms with Crippen LogP contribution in [0.2, 0.25) is 0 Å². The molecule has 46 valence electrons. The molecule has 0 bridgehead atoms. The van der Waals surface area contributed by atoms with Gasteiger partial charge in [-0.15, -0.1) is 6.58 Å². The molecule has 0 aliphatic carbocycles. The Morgan fingerprint density at radius 3 is 2.50 bits per heavy atom. The Morgan fingerprint density at radius 1 is 1.40 bits per heavy atom. The maximum Gasteiger partial charge on any atom is 1.00 e. The molecular weight excluding hydrogens is 115 g/mol. The van der Waals surface area contributed by atoms with E-state index in [0.29, 0.717) is 0 Å². The van der Waals surface area contributed by atoms with E-state index in [-0.39, 0.29) is 18.9 Å². The second-order valence-electron chi connectivity index (χ2n) is 1.90. The smallest absolute Gasteiger partial charge is 0.184 e. The Balaban J connectivity index is 0.000000810. The molecule has 1 rings (SSSR count). The Hall–Kier alpha value is -0.443. The zero-order valence-electron chi connectivity index (χ0n) is 6.30.